The first-order chi connectivity index (χ1) is 14.6. The van der Waals surface area contributed by atoms with Crippen molar-refractivity contribution in [3.05, 3.63) is 72.3 Å². The summed E-state index contributed by atoms with van der Waals surface area (Å²) < 4.78 is 28.9. The summed E-state index contributed by atoms with van der Waals surface area (Å²) in [4.78, 5) is 12.2. The van der Waals surface area contributed by atoms with Gasteiger partial charge in [-0.05, 0) is 42.0 Å². The molecule has 0 heterocycles. The van der Waals surface area contributed by atoms with E-state index in [4.69, 9.17) is 21.0 Å². The molecule has 0 aliphatic rings. The second kappa shape index (κ2) is 8.86. The molecule has 0 bridgehead atoms. The fraction of sp³-hybridized carbons (Fsp3) is 0.0476. The Morgan fingerprint density at radius 2 is 1.74 bits per heavy atom. The van der Waals surface area contributed by atoms with E-state index in [1.165, 1.54) is 24.3 Å². The lowest BCUT2D eigenvalue weighted by atomic mass is 10.1. The van der Waals surface area contributed by atoms with Crippen molar-refractivity contribution in [2.45, 2.75) is 4.90 Å². The lowest BCUT2D eigenvalue weighted by Gasteiger charge is -2.11. The zero-order valence-corrected chi connectivity index (χ0v) is 17.0. The van der Waals surface area contributed by atoms with Gasteiger partial charge in [0.05, 0.1) is 4.90 Å². The minimum Gasteiger partial charge on any atom is -0.504 e. The maximum atomic E-state index is 12.1. The predicted molar refractivity (Wildman–Crippen MR) is 116 cm³/mol. The molecular weight excluding hydrogens is 420 g/mol. The maximum Gasteiger partial charge on any atom is 0.262 e. The number of nitrogens with two attached hydrogens (primary N) is 2. The minimum absolute atomic E-state index is 0.00999. The molecule has 1 amide bonds. The molecule has 0 aliphatic carbocycles. The van der Waals surface area contributed by atoms with Gasteiger partial charge >= 0.3 is 0 Å². The van der Waals surface area contributed by atoms with Crippen LogP contribution >= 0.6 is 0 Å². The largest absolute Gasteiger partial charge is 0.504 e. The summed E-state index contributed by atoms with van der Waals surface area (Å²) in [5, 5.41) is 25.2. The van der Waals surface area contributed by atoms with Crippen LogP contribution in [0.1, 0.15) is 5.56 Å². The Hall–Kier alpha value is -3.89. The van der Waals surface area contributed by atoms with Crippen LogP contribution in [-0.4, -0.2) is 31.9 Å². The third kappa shape index (κ3) is 5.38. The molecule has 0 unspecified atom stereocenters. The Morgan fingerprint density at radius 1 is 1.06 bits per heavy atom. The number of sulfonamides is 1. The molecule has 3 aromatic rings. The summed E-state index contributed by atoms with van der Waals surface area (Å²) in [5.74, 6) is -0.823. The molecule has 160 valence electrons. The van der Waals surface area contributed by atoms with Gasteiger partial charge in [0.2, 0.25) is 10.0 Å². The van der Waals surface area contributed by atoms with Crippen LogP contribution in [0.4, 0.5) is 5.69 Å². The van der Waals surface area contributed by atoms with Crippen LogP contribution in [0, 0.1) is 5.41 Å². The van der Waals surface area contributed by atoms with E-state index in [-0.39, 0.29) is 28.8 Å². The summed E-state index contributed by atoms with van der Waals surface area (Å²) in [6, 6.07) is 17.1. The highest BCUT2D eigenvalue weighted by Gasteiger charge is 2.14. The van der Waals surface area contributed by atoms with Crippen molar-refractivity contribution in [2.24, 2.45) is 10.9 Å². The van der Waals surface area contributed by atoms with Crippen LogP contribution in [0.2, 0.25) is 0 Å². The molecule has 0 fully saturated rings. The Kier molecular flexibility index (Phi) is 6.23. The number of anilines is 1. The van der Waals surface area contributed by atoms with Gasteiger partial charge in [-0.3, -0.25) is 10.2 Å². The second-order valence-corrected chi connectivity index (χ2v) is 8.08. The van der Waals surface area contributed by atoms with Gasteiger partial charge in [0.25, 0.3) is 5.91 Å². The van der Waals surface area contributed by atoms with Gasteiger partial charge in [0, 0.05) is 16.8 Å². The molecule has 0 saturated carbocycles. The molecule has 0 radical (unpaired) electrons. The van der Waals surface area contributed by atoms with E-state index in [1.54, 1.807) is 42.5 Å². The van der Waals surface area contributed by atoms with Crippen LogP contribution < -0.4 is 20.9 Å². The number of amidine groups is 1. The number of aromatic hydroxyl groups is 1. The van der Waals surface area contributed by atoms with Gasteiger partial charge in [-0.2, -0.15) is 0 Å². The number of carbonyl (C=O) groups excluding carboxylic acids is 1. The zero-order valence-electron chi connectivity index (χ0n) is 16.2. The molecule has 0 atom stereocenters. The van der Waals surface area contributed by atoms with Crippen LogP contribution in [0.15, 0.2) is 71.6 Å². The second-order valence-electron chi connectivity index (χ2n) is 6.55. The van der Waals surface area contributed by atoms with E-state index in [2.05, 4.69) is 5.32 Å². The van der Waals surface area contributed by atoms with Gasteiger partial charge in [-0.1, -0.05) is 30.3 Å². The highest BCUT2D eigenvalue weighted by Crippen LogP contribution is 2.28. The number of hydrogen-bond acceptors (Lipinski definition) is 6. The Bertz CT molecular complexity index is 1240. The van der Waals surface area contributed by atoms with E-state index in [0.717, 1.165) is 0 Å². The molecule has 0 spiro atoms. The standard InChI is InChI=1S/C21H20N4O5S/c22-21(23)14-7-10-18(17(26)11-14)30-12-20(27)25-15-8-5-13(6-9-15)16-3-1-2-4-19(16)31(24,28)29/h1-11,26H,12H2,(H3,22,23)(H,25,27)(H2,24,28,29). The zero-order chi connectivity index (χ0) is 22.6. The average molecular weight is 440 g/mol. The monoisotopic (exact) mass is 440 g/mol. The Labute approximate surface area is 178 Å². The van der Waals surface area contributed by atoms with Gasteiger partial charge in [-0.25, -0.2) is 13.6 Å². The molecule has 31 heavy (non-hydrogen) atoms. The summed E-state index contributed by atoms with van der Waals surface area (Å²) in [6.07, 6.45) is 0. The maximum absolute atomic E-state index is 12.1. The number of nitrogen functional groups attached to an aromatic ring is 1. The first-order valence-electron chi connectivity index (χ1n) is 8.97. The smallest absolute Gasteiger partial charge is 0.262 e. The molecule has 10 heteroatoms. The quantitative estimate of drug-likeness (QED) is 0.278. The fourth-order valence-corrected chi connectivity index (χ4v) is 3.59. The topological polar surface area (TPSA) is 169 Å². The molecule has 7 N–H and O–H groups in total. The highest BCUT2D eigenvalue weighted by molar-refractivity contribution is 7.89. The molecular formula is C21H20N4O5S. The minimum atomic E-state index is -3.88. The molecule has 3 rings (SSSR count). The van der Waals surface area contributed by atoms with Crippen LogP contribution in [0.25, 0.3) is 11.1 Å². The van der Waals surface area contributed by atoms with Crippen LogP contribution in [0.5, 0.6) is 11.5 Å². The normalized spacial score (nSPS) is 11.0. The third-order valence-electron chi connectivity index (χ3n) is 4.30. The van der Waals surface area contributed by atoms with Gasteiger partial charge in [-0.15, -0.1) is 0 Å². The molecule has 0 aliphatic heterocycles. The molecule has 9 nitrogen and oxygen atoms in total. The summed E-state index contributed by atoms with van der Waals surface area (Å²) in [6.45, 7) is -0.358. The van der Waals surface area contributed by atoms with E-state index in [1.807, 2.05) is 0 Å². The highest BCUT2D eigenvalue weighted by atomic mass is 32.2. The summed E-state index contributed by atoms with van der Waals surface area (Å²) >= 11 is 0. The van der Waals surface area contributed by atoms with Crippen molar-refractivity contribution in [1.29, 1.82) is 5.41 Å². The van der Waals surface area contributed by atoms with Crippen molar-refractivity contribution < 1.29 is 23.1 Å². The number of nitrogens with one attached hydrogen (secondary N) is 2. The molecule has 0 aromatic heterocycles. The Balaban J connectivity index is 1.66. The van der Waals surface area contributed by atoms with Crippen LogP contribution in [-0.2, 0) is 14.8 Å². The van der Waals surface area contributed by atoms with Gasteiger partial charge < -0.3 is 20.9 Å². The third-order valence-corrected chi connectivity index (χ3v) is 5.27. The van der Waals surface area contributed by atoms with Crippen molar-refractivity contribution in [3.8, 4) is 22.6 Å². The number of phenols is 1. The van der Waals surface area contributed by atoms with Crippen molar-refractivity contribution in [2.75, 3.05) is 11.9 Å². The first-order valence-corrected chi connectivity index (χ1v) is 10.5. The number of amides is 1. The van der Waals surface area contributed by atoms with Gasteiger partial charge in [0.1, 0.15) is 5.84 Å². The Morgan fingerprint density at radius 3 is 2.35 bits per heavy atom. The summed E-state index contributed by atoms with van der Waals surface area (Å²) in [7, 11) is -3.88. The van der Waals surface area contributed by atoms with E-state index < -0.39 is 15.9 Å². The number of carbonyl (C=O) groups is 1. The molecule has 3 aromatic carbocycles. The van der Waals surface area contributed by atoms with E-state index >= 15 is 0 Å². The number of primary sulfonamides is 1. The predicted octanol–water partition coefficient (Wildman–Crippen LogP) is 2.01. The van der Waals surface area contributed by atoms with Crippen LogP contribution in [0.3, 0.4) is 0 Å². The SMILES string of the molecule is N=C(N)c1ccc(OCC(=O)Nc2ccc(-c3ccccc3S(N)(=O)=O)cc2)c(O)c1. The lowest BCUT2D eigenvalue weighted by Crippen LogP contribution is -2.20. The summed E-state index contributed by atoms with van der Waals surface area (Å²) in [5.41, 5.74) is 7.23. The van der Waals surface area contributed by atoms with Crippen molar-refractivity contribution in [1.82, 2.24) is 0 Å². The number of ether oxygens (including phenoxy) is 1. The number of benzene rings is 3. The number of phenolic OH excluding ortho intramolecular Hbond substituents is 1. The number of hydrogen-bond donors (Lipinski definition) is 5. The fourth-order valence-electron chi connectivity index (χ4n) is 2.83. The first kappa shape index (κ1) is 21.8. The molecule has 0 saturated heterocycles. The van der Waals surface area contributed by atoms with Gasteiger partial charge in [0.15, 0.2) is 18.1 Å². The van der Waals surface area contributed by atoms with E-state index in [0.29, 0.717) is 22.4 Å². The lowest BCUT2D eigenvalue weighted by molar-refractivity contribution is -0.118. The van der Waals surface area contributed by atoms with Crippen molar-refractivity contribution >= 4 is 27.5 Å². The number of rotatable bonds is 7. The van der Waals surface area contributed by atoms with E-state index in [9.17, 15) is 18.3 Å². The average Bonchev–Trinajstić information content (AvgIpc) is 2.72. The van der Waals surface area contributed by atoms with Crippen molar-refractivity contribution in [3.63, 3.8) is 0 Å².